The van der Waals surface area contributed by atoms with Crippen molar-refractivity contribution in [1.82, 2.24) is 44.8 Å². The zero-order valence-corrected chi connectivity index (χ0v) is 41.3. The normalized spacial score (nSPS) is 10.8. The van der Waals surface area contributed by atoms with Crippen LogP contribution in [0.2, 0.25) is 0 Å². The molecule has 352 valence electrons. The average molecular weight is 1020 g/mol. The summed E-state index contributed by atoms with van der Waals surface area (Å²) in [4.78, 5) is 56.7. The largest absolute Gasteiger partial charge is 1.00 e. The molecular weight excluding hydrogens is 960 g/mol. The van der Waals surface area contributed by atoms with Crippen LogP contribution in [0, 0.1) is 0 Å². The molecule has 0 aromatic carbocycles. The van der Waals surface area contributed by atoms with E-state index < -0.39 is 0 Å². The van der Waals surface area contributed by atoms with E-state index >= 15 is 0 Å². The third-order valence-electron chi connectivity index (χ3n) is 10.1. The van der Waals surface area contributed by atoms with Gasteiger partial charge >= 0.3 is 0 Å². The van der Waals surface area contributed by atoms with Crippen LogP contribution in [0.15, 0.2) is 195 Å². The van der Waals surface area contributed by atoms with Crippen molar-refractivity contribution in [1.29, 1.82) is 0 Å². The molecule has 8 aromatic rings. The fraction of sp³-hybridized carbons (Fsp3) is 0.236. The maximum Gasteiger partial charge on any atom is 0.178 e. The molecule has 2 unspecified atom stereocenters. The molecule has 0 spiro atoms. The monoisotopic (exact) mass is 1020 g/mol. The number of pyridine rings is 8. The molecule has 2 N–H and O–H groups in total. The number of nitrogens with two attached hydrogens (primary N) is 1. The van der Waals surface area contributed by atoms with E-state index in [1.807, 2.05) is 104 Å². The molecule has 0 aliphatic heterocycles. The lowest BCUT2D eigenvalue weighted by atomic mass is 9.99. The molecule has 13 heteroatoms. The third-order valence-corrected chi connectivity index (χ3v) is 10.1. The minimum Gasteiger partial charge on any atom is -1.00 e. The Bertz CT molecular complexity index is 2450. The molecule has 2 atom stereocenters. The highest BCUT2D eigenvalue weighted by Crippen LogP contribution is 2.21. The van der Waals surface area contributed by atoms with Crippen LogP contribution in [0.4, 0.5) is 0 Å². The number of rotatable bonds is 16. The topological polar surface area (TPSA) is 167 Å². The summed E-state index contributed by atoms with van der Waals surface area (Å²) in [6, 6.07) is 46.9. The van der Waals surface area contributed by atoms with E-state index in [2.05, 4.69) is 95.0 Å². The fourth-order valence-corrected chi connectivity index (χ4v) is 6.39. The molecular formula is C55H62IN10O2-. The van der Waals surface area contributed by atoms with Crippen molar-refractivity contribution in [2.75, 3.05) is 13.1 Å². The van der Waals surface area contributed by atoms with Gasteiger partial charge in [0.15, 0.2) is 12.1 Å². The molecule has 0 saturated carbocycles. The molecule has 0 amide bonds. The fourth-order valence-electron chi connectivity index (χ4n) is 6.39. The van der Waals surface area contributed by atoms with Gasteiger partial charge in [-0.3, -0.25) is 54.4 Å². The molecule has 12 nitrogen and oxygen atoms in total. The first-order valence-corrected chi connectivity index (χ1v) is 22.5. The van der Waals surface area contributed by atoms with Crippen LogP contribution in [-0.2, 0) is 25.8 Å². The third kappa shape index (κ3) is 23.1. The number of ketones is 1. The number of carbonyl (C=O) groups excluding carboxylic acids is 2. The van der Waals surface area contributed by atoms with Gasteiger partial charge in [0.05, 0.1) is 11.4 Å². The second-order valence-corrected chi connectivity index (χ2v) is 15.2. The predicted molar refractivity (Wildman–Crippen MR) is 266 cm³/mol. The van der Waals surface area contributed by atoms with Gasteiger partial charge < -0.3 is 29.7 Å². The summed E-state index contributed by atoms with van der Waals surface area (Å²) in [5, 5.41) is 0. The molecule has 0 bridgehead atoms. The Morgan fingerprint density at radius 2 is 0.971 bits per heavy atom. The van der Waals surface area contributed by atoms with Crippen molar-refractivity contribution in [3.05, 3.63) is 241 Å². The minimum atomic E-state index is 0. The van der Waals surface area contributed by atoms with Crippen molar-refractivity contribution in [3.63, 3.8) is 0 Å². The van der Waals surface area contributed by atoms with Crippen molar-refractivity contribution in [2.24, 2.45) is 5.73 Å². The number of aldehydes is 1. The van der Waals surface area contributed by atoms with Gasteiger partial charge in [-0.25, -0.2) is 0 Å². The van der Waals surface area contributed by atoms with E-state index in [0.29, 0.717) is 23.9 Å². The number of carbonyl (C=O) groups is 2. The second kappa shape index (κ2) is 34.5. The van der Waals surface area contributed by atoms with Gasteiger partial charge in [0.1, 0.15) is 11.4 Å². The maximum atomic E-state index is 10.6. The molecule has 8 rings (SSSR count). The first kappa shape index (κ1) is 55.5. The minimum absolute atomic E-state index is 0. The summed E-state index contributed by atoms with van der Waals surface area (Å²) >= 11 is 0. The molecule has 0 aliphatic carbocycles. The van der Waals surface area contributed by atoms with Crippen LogP contribution in [0.1, 0.15) is 101 Å². The first-order chi connectivity index (χ1) is 32.9. The Hall–Kier alpha value is -6.81. The highest BCUT2D eigenvalue weighted by atomic mass is 127. The van der Waals surface area contributed by atoms with E-state index in [1.165, 1.54) is 18.3 Å². The number of nitrogens with zero attached hydrogens (tertiary/aromatic N) is 9. The second-order valence-electron chi connectivity index (χ2n) is 15.2. The number of aromatic nitrogens is 8. The Morgan fingerprint density at radius 3 is 1.37 bits per heavy atom. The van der Waals surface area contributed by atoms with E-state index in [0.717, 1.165) is 74.3 Å². The number of hydrogen-bond acceptors (Lipinski definition) is 12. The maximum absolute atomic E-state index is 10.6. The van der Waals surface area contributed by atoms with E-state index in [-0.39, 0.29) is 35.8 Å². The van der Waals surface area contributed by atoms with E-state index in [9.17, 15) is 9.59 Å². The Morgan fingerprint density at radius 1 is 0.529 bits per heavy atom. The average Bonchev–Trinajstić information content (AvgIpc) is 3.40. The number of aryl methyl sites for hydroxylation is 1. The Labute approximate surface area is 419 Å². The smallest absolute Gasteiger partial charge is 0.178 e. The summed E-state index contributed by atoms with van der Waals surface area (Å²) < 4.78 is 0. The lowest BCUT2D eigenvalue weighted by Gasteiger charge is -2.28. The Balaban J connectivity index is 0.000000242. The van der Waals surface area contributed by atoms with Gasteiger partial charge in [0, 0.05) is 111 Å². The Kier molecular flexibility index (Phi) is 28.2. The number of Topliss-reactive ketones (excluding diaryl/α,β-unsaturated/α-hetero) is 1. The van der Waals surface area contributed by atoms with Gasteiger partial charge in [-0.1, -0.05) is 55.5 Å². The zero-order valence-electron chi connectivity index (χ0n) is 39.2. The SMILES string of the molecule is CC(=O)c1ccccn1.CC(CCCc1ccccn1)c1ccccn1.CC(c1ccccn1)N(CCc1ccccn1)Cc1ccccn1.NCCc1ccccn1.O=Cc1ccccn1.[I-]. The lowest BCUT2D eigenvalue weighted by molar-refractivity contribution is -0.0000283. The van der Waals surface area contributed by atoms with Crippen molar-refractivity contribution in [3.8, 4) is 0 Å². The van der Waals surface area contributed by atoms with Crippen LogP contribution in [0.25, 0.3) is 0 Å². The summed E-state index contributed by atoms with van der Waals surface area (Å²) in [5.74, 6) is 0.538. The molecule has 0 aliphatic rings. The highest BCUT2D eigenvalue weighted by molar-refractivity contribution is 5.91. The summed E-state index contributed by atoms with van der Waals surface area (Å²) in [5.41, 5.74) is 13.0. The standard InChI is InChI=1S/C20H22N4.C15H18N2.C7H10N2.C7H7NO.C6H5NO.HI/c1-17(20-10-4-7-14-23-20)24(16-19-9-3-6-13-22-19)15-11-18-8-2-5-12-21-18;1-13(15-10-3-5-12-17-15)7-6-9-14-8-2-4-11-16-14;8-5-4-7-3-1-2-6-9-7;1-6(9)7-4-2-3-5-8-7;8-5-6-3-1-2-4-7-6;/h2-10,12-14,17H,11,15-16H2,1H3;2-5,8,10-13H,6-7,9H2,1H3;1-3,6H,4-5,8H2;2-5H,1H3;1-5H;1H/p-1. The van der Waals surface area contributed by atoms with Gasteiger partial charge in [-0.05, 0) is 136 Å². The number of hydrogen-bond donors (Lipinski definition) is 1. The van der Waals surface area contributed by atoms with Crippen LogP contribution in [0.3, 0.4) is 0 Å². The molecule has 68 heavy (non-hydrogen) atoms. The van der Waals surface area contributed by atoms with E-state index in [1.54, 1.807) is 55.0 Å². The van der Waals surface area contributed by atoms with Gasteiger partial charge in [0.2, 0.25) is 0 Å². The summed E-state index contributed by atoms with van der Waals surface area (Å²) in [7, 11) is 0. The van der Waals surface area contributed by atoms with Crippen molar-refractivity contribution < 1.29 is 33.6 Å². The zero-order chi connectivity index (χ0) is 47.6. The van der Waals surface area contributed by atoms with Crippen LogP contribution < -0.4 is 29.7 Å². The van der Waals surface area contributed by atoms with Crippen LogP contribution in [-0.4, -0.2) is 69.9 Å². The van der Waals surface area contributed by atoms with Crippen LogP contribution >= 0.6 is 0 Å². The van der Waals surface area contributed by atoms with Crippen LogP contribution in [0.5, 0.6) is 0 Å². The highest BCUT2D eigenvalue weighted by Gasteiger charge is 2.18. The van der Waals surface area contributed by atoms with Crippen molar-refractivity contribution in [2.45, 2.75) is 71.4 Å². The number of halogens is 1. The van der Waals surface area contributed by atoms with Gasteiger partial charge in [-0.2, -0.15) is 0 Å². The summed E-state index contributed by atoms with van der Waals surface area (Å²) in [6.45, 7) is 8.32. The lowest BCUT2D eigenvalue weighted by Crippen LogP contribution is -3.00. The first-order valence-electron chi connectivity index (χ1n) is 22.5. The molecule has 8 aromatic heterocycles. The molecule has 0 fully saturated rings. The van der Waals surface area contributed by atoms with Gasteiger partial charge in [-0.15, -0.1) is 0 Å². The summed E-state index contributed by atoms with van der Waals surface area (Å²) in [6.07, 6.45) is 20.1. The van der Waals surface area contributed by atoms with Gasteiger partial charge in [0.25, 0.3) is 0 Å². The molecule has 0 saturated heterocycles. The van der Waals surface area contributed by atoms with E-state index in [4.69, 9.17) is 5.73 Å². The molecule has 8 heterocycles. The quantitative estimate of drug-likeness (QED) is 0.0597. The molecule has 0 radical (unpaired) electrons. The van der Waals surface area contributed by atoms with Crippen molar-refractivity contribution >= 4 is 12.1 Å². The predicted octanol–water partition coefficient (Wildman–Crippen LogP) is 7.05.